The number of nitriles is 2. The fourth-order valence-electron chi connectivity index (χ4n) is 3.85. The molecule has 0 atom stereocenters. The number of rotatable bonds is 4. The lowest BCUT2D eigenvalue weighted by Gasteiger charge is -2.14. The third kappa shape index (κ3) is 2.49. The van der Waals surface area contributed by atoms with Crippen LogP contribution in [0.1, 0.15) is 37.3 Å². The molecule has 26 heavy (non-hydrogen) atoms. The van der Waals surface area contributed by atoms with E-state index in [1.165, 1.54) is 12.8 Å². The number of fused-ring (bicyclic) bond motifs is 1. The van der Waals surface area contributed by atoms with E-state index >= 15 is 0 Å². The Kier molecular flexibility index (Phi) is 4.06. The largest absolute Gasteiger partial charge is 0.480 e. The van der Waals surface area contributed by atoms with Gasteiger partial charge >= 0.3 is 0 Å². The molecule has 3 aromatic heterocycles. The van der Waals surface area contributed by atoms with Gasteiger partial charge in [0.1, 0.15) is 12.6 Å². The lowest BCUT2D eigenvalue weighted by atomic mass is 10.1. The summed E-state index contributed by atoms with van der Waals surface area (Å²) >= 11 is 0. The minimum Gasteiger partial charge on any atom is -0.480 e. The Morgan fingerprint density at radius 1 is 1.23 bits per heavy atom. The maximum absolute atomic E-state index is 9.62. The Morgan fingerprint density at radius 3 is 2.73 bits per heavy atom. The van der Waals surface area contributed by atoms with Gasteiger partial charge in [0, 0.05) is 29.6 Å². The second kappa shape index (κ2) is 6.53. The second-order valence-corrected chi connectivity index (χ2v) is 6.49. The van der Waals surface area contributed by atoms with Gasteiger partial charge in [0.05, 0.1) is 42.0 Å². The SMILES string of the molecule is COc1ncc(C#N)c2c1c(-c1cnn(CC#N)c1)cn2C1CCCC1. The number of hydrogen-bond donors (Lipinski definition) is 0. The summed E-state index contributed by atoms with van der Waals surface area (Å²) in [6.45, 7) is 0.195. The molecular formula is C19H18N6O. The van der Waals surface area contributed by atoms with E-state index in [4.69, 9.17) is 10.00 Å². The minimum absolute atomic E-state index is 0.195. The smallest absolute Gasteiger partial charge is 0.223 e. The monoisotopic (exact) mass is 346 g/mol. The van der Waals surface area contributed by atoms with Gasteiger partial charge in [-0.1, -0.05) is 12.8 Å². The lowest BCUT2D eigenvalue weighted by molar-refractivity contribution is 0.403. The van der Waals surface area contributed by atoms with E-state index in [1.54, 1.807) is 24.2 Å². The molecule has 0 radical (unpaired) electrons. The van der Waals surface area contributed by atoms with Crippen molar-refractivity contribution in [2.75, 3.05) is 7.11 Å². The second-order valence-electron chi connectivity index (χ2n) is 6.49. The zero-order valence-electron chi connectivity index (χ0n) is 14.5. The van der Waals surface area contributed by atoms with Crippen LogP contribution < -0.4 is 4.74 Å². The predicted octanol–water partition coefficient (Wildman–Crippen LogP) is 3.42. The van der Waals surface area contributed by atoms with Crippen LogP contribution in [0.3, 0.4) is 0 Å². The average molecular weight is 346 g/mol. The molecule has 0 aromatic carbocycles. The van der Waals surface area contributed by atoms with E-state index in [1.807, 2.05) is 6.20 Å². The van der Waals surface area contributed by atoms with Crippen molar-refractivity contribution >= 4 is 10.9 Å². The molecule has 1 aliphatic carbocycles. The fraction of sp³-hybridized carbons (Fsp3) is 0.368. The van der Waals surface area contributed by atoms with Gasteiger partial charge in [0.15, 0.2) is 0 Å². The van der Waals surface area contributed by atoms with Crippen LogP contribution in [-0.2, 0) is 6.54 Å². The molecule has 7 heteroatoms. The van der Waals surface area contributed by atoms with Crippen LogP contribution in [0, 0.1) is 22.7 Å². The van der Waals surface area contributed by atoms with Crippen LogP contribution in [0.4, 0.5) is 0 Å². The molecule has 0 saturated heterocycles. The zero-order valence-corrected chi connectivity index (χ0v) is 14.5. The van der Waals surface area contributed by atoms with E-state index in [-0.39, 0.29) is 6.54 Å². The average Bonchev–Trinajstić information content (AvgIpc) is 3.39. The van der Waals surface area contributed by atoms with Crippen molar-refractivity contribution in [1.29, 1.82) is 10.5 Å². The lowest BCUT2D eigenvalue weighted by Crippen LogP contribution is -2.04. The molecule has 1 fully saturated rings. The van der Waals surface area contributed by atoms with Crippen LogP contribution >= 0.6 is 0 Å². The van der Waals surface area contributed by atoms with Crippen LogP contribution in [0.25, 0.3) is 22.0 Å². The number of methoxy groups -OCH3 is 1. The molecule has 0 N–H and O–H groups in total. The van der Waals surface area contributed by atoms with E-state index in [9.17, 15) is 5.26 Å². The molecule has 1 saturated carbocycles. The maximum Gasteiger partial charge on any atom is 0.223 e. The molecule has 0 bridgehead atoms. The quantitative estimate of drug-likeness (QED) is 0.721. The predicted molar refractivity (Wildman–Crippen MR) is 95.3 cm³/mol. The highest BCUT2D eigenvalue weighted by Crippen LogP contribution is 2.41. The Balaban J connectivity index is 2.00. The Bertz CT molecular complexity index is 1040. The van der Waals surface area contributed by atoms with Crippen molar-refractivity contribution in [2.24, 2.45) is 0 Å². The summed E-state index contributed by atoms with van der Waals surface area (Å²) < 4.78 is 9.32. The van der Waals surface area contributed by atoms with E-state index in [0.29, 0.717) is 17.5 Å². The molecule has 1 aliphatic rings. The highest BCUT2D eigenvalue weighted by Gasteiger charge is 2.25. The molecule has 0 amide bonds. The van der Waals surface area contributed by atoms with Crippen LogP contribution in [0.2, 0.25) is 0 Å². The molecule has 3 heterocycles. The van der Waals surface area contributed by atoms with Gasteiger partial charge in [0.2, 0.25) is 5.88 Å². The van der Waals surface area contributed by atoms with E-state index in [2.05, 4.69) is 33.0 Å². The summed E-state index contributed by atoms with van der Waals surface area (Å²) in [5.74, 6) is 0.499. The molecule has 3 aromatic rings. The van der Waals surface area contributed by atoms with Crippen molar-refractivity contribution in [3.63, 3.8) is 0 Å². The van der Waals surface area contributed by atoms with Crippen molar-refractivity contribution in [2.45, 2.75) is 38.3 Å². The zero-order chi connectivity index (χ0) is 18.1. The van der Waals surface area contributed by atoms with Crippen molar-refractivity contribution < 1.29 is 4.74 Å². The first-order chi connectivity index (χ1) is 12.8. The summed E-state index contributed by atoms with van der Waals surface area (Å²) in [4.78, 5) is 4.33. The van der Waals surface area contributed by atoms with Gasteiger partial charge in [-0.15, -0.1) is 0 Å². The maximum atomic E-state index is 9.62. The first kappa shape index (κ1) is 16.2. The van der Waals surface area contributed by atoms with Crippen LogP contribution in [0.5, 0.6) is 5.88 Å². The number of hydrogen-bond acceptors (Lipinski definition) is 5. The Hall–Kier alpha value is -3.32. The molecule has 7 nitrogen and oxygen atoms in total. The van der Waals surface area contributed by atoms with Crippen LogP contribution in [-0.4, -0.2) is 26.4 Å². The first-order valence-corrected chi connectivity index (χ1v) is 8.64. The highest BCUT2D eigenvalue weighted by molar-refractivity contribution is 6.01. The standard InChI is InChI=1S/C19H18N6O/c1-26-19-17-16(14-10-23-24(11-14)7-6-20)12-25(15-4-2-3-5-15)18(17)13(8-21)9-22-19/h9-12,15H,2-5,7H2,1H3. The molecule has 4 rings (SSSR count). The third-order valence-corrected chi connectivity index (χ3v) is 5.02. The highest BCUT2D eigenvalue weighted by atomic mass is 16.5. The normalized spacial score (nSPS) is 14.4. The summed E-state index contributed by atoms with van der Waals surface area (Å²) in [5.41, 5.74) is 3.23. The van der Waals surface area contributed by atoms with Gasteiger partial charge in [-0.2, -0.15) is 15.6 Å². The van der Waals surface area contributed by atoms with E-state index < -0.39 is 0 Å². The first-order valence-electron chi connectivity index (χ1n) is 8.64. The van der Waals surface area contributed by atoms with Crippen molar-refractivity contribution in [1.82, 2.24) is 19.3 Å². The van der Waals surface area contributed by atoms with E-state index in [0.717, 1.165) is 34.9 Å². The molecule has 130 valence electrons. The molecule has 0 aliphatic heterocycles. The van der Waals surface area contributed by atoms with Gasteiger partial charge in [-0.25, -0.2) is 4.98 Å². The summed E-state index contributed by atoms with van der Waals surface area (Å²) in [6, 6.07) is 4.74. The number of aromatic nitrogens is 4. The van der Waals surface area contributed by atoms with Gasteiger partial charge in [-0.05, 0) is 12.8 Å². The van der Waals surface area contributed by atoms with Gasteiger partial charge in [0.25, 0.3) is 0 Å². The molecular weight excluding hydrogens is 328 g/mol. The van der Waals surface area contributed by atoms with Gasteiger partial charge < -0.3 is 9.30 Å². The summed E-state index contributed by atoms with van der Waals surface area (Å²) in [7, 11) is 1.59. The fourth-order valence-corrected chi connectivity index (χ4v) is 3.85. The summed E-state index contributed by atoms with van der Waals surface area (Å²) in [6.07, 6.45) is 11.8. The van der Waals surface area contributed by atoms with Crippen LogP contribution in [0.15, 0.2) is 24.8 Å². The molecule has 0 spiro atoms. The Morgan fingerprint density at radius 2 is 2.04 bits per heavy atom. The molecule has 0 unspecified atom stereocenters. The Labute approximate surface area is 151 Å². The summed E-state index contributed by atoms with van der Waals surface area (Å²) in [5, 5.41) is 23.6. The third-order valence-electron chi connectivity index (χ3n) is 5.02. The number of pyridine rings is 1. The van der Waals surface area contributed by atoms with Crippen molar-refractivity contribution in [3.05, 3.63) is 30.4 Å². The minimum atomic E-state index is 0.195. The number of ether oxygens (including phenoxy) is 1. The van der Waals surface area contributed by atoms with Gasteiger partial charge in [-0.3, -0.25) is 4.68 Å². The number of nitrogens with zero attached hydrogens (tertiary/aromatic N) is 6. The van der Waals surface area contributed by atoms with Crippen molar-refractivity contribution in [3.8, 4) is 29.1 Å². The topological polar surface area (TPSA) is 92.4 Å².